The molecule has 0 aromatic rings. The summed E-state index contributed by atoms with van der Waals surface area (Å²) in [4.78, 5) is 21.0. The van der Waals surface area contributed by atoms with Crippen molar-refractivity contribution >= 4 is 11.9 Å². The van der Waals surface area contributed by atoms with Crippen LogP contribution >= 0.6 is 0 Å². The number of carbonyl (C=O) groups excluding carboxylic acids is 2. The zero-order chi connectivity index (χ0) is 20.8. The van der Waals surface area contributed by atoms with Crippen molar-refractivity contribution in [1.29, 1.82) is 0 Å². The lowest BCUT2D eigenvalue weighted by molar-refractivity contribution is -0.375. The highest BCUT2D eigenvalue weighted by molar-refractivity contribution is 5.86. The first-order chi connectivity index (χ1) is 11.7. The van der Waals surface area contributed by atoms with E-state index < -0.39 is 30.5 Å². The van der Waals surface area contributed by atoms with Crippen LogP contribution in [-0.2, 0) is 23.8 Å². The lowest BCUT2D eigenvalue weighted by Crippen LogP contribution is -2.60. The molecule has 1 aliphatic rings. The molecule has 1 atom stereocenters. The van der Waals surface area contributed by atoms with Crippen LogP contribution in [0.2, 0.25) is 0 Å². The molecule has 6 nitrogen and oxygen atoms in total. The fourth-order valence-corrected chi connectivity index (χ4v) is 1.01. The summed E-state index contributed by atoms with van der Waals surface area (Å²) < 4.78 is 85.0. The van der Waals surface area contributed by atoms with E-state index in [9.17, 15) is 35.9 Å². The van der Waals surface area contributed by atoms with Gasteiger partial charge in [0.15, 0.2) is 0 Å². The highest BCUT2D eigenvalue weighted by Crippen LogP contribution is 2.43. The molecule has 1 N–H and O–H groups in total. The van der Waals surface area contributed by atoms with Gasteiger partial charge in [0.1, 0.15) is 19.3 Å². The van der Waals surface area contributed by atoms with Gasteiger partial charge in [-0.05, 0) is 6.92 Å². The quantitative estimate of drug-likeness (QED) is 0.321. The zero-order valence-electron chi connectivity index (χ0n) is 13.4. The average molecular weight is 394 g/mol. The van der Waals surface area contributed by atoms with Crippen LogP contribution in [0.25, 0.3) is 0 Å². The van der Waals surface area contributed by atoms with Gasteiger partial charge in [-0.3, -0.25) is 0 Å². The number of carbonyl (C=O) groups is 2. The van der Waals surface area contributed by atoms with E-state index in [0.717, 1.165) is 0 Å². The SMILES string of the molecule is C=C(C)C(=O)OCC1CO1.C=CC(=O)OCC(O)(C(F)(F)F)C(F)(F)F. The van der Waals surface area contributed by atoms with Gasteiger partial charge >= 0.3 is 24.3 Å². The van der Waals surface area contributed by atoms with Crippen molar-refractivity contribution in [2.45, 2.75) is 31.0 Å². The minimum absolute atomic E-state index is 0.142. The molecule has 0 aromatic heterocycles. The molecule has 0 saturated carbocycles. The zero-order valence-corrected chi connectivity index (χ0v) is 13.4. The largest absolute Gasteiger partial charge is 0.459 e. The summed E-state index contributed by atoms with van der Waals surface area (Å²) in [6.07, 6.45) is -11.5. The Bertz CT molecular complexity index is 521. The van der Waals surface area contributed by atoms with Crippen molar-refractivity contribution in [3.8, 4) is 0 Å². The normalized spacial score (nSPS) is 16.7. The number of aliphatic hydroxyl groups is 1. The van der Waals surface area contributed by atoms with Gasteiger partial charge in [0, 0.05) is 11.6 Å². The van der Waals surface area contributed by atoms with Crippen LogP contribution in [0, 0.1) is 0 Å². The van der Waals surface area contributed by atoms with Crippen LogP contribution in [0.15, 0.2) is 24.8 Å². The third-order valence-corrected chi connectivity index (χ3v) is 2.68. The van der Waals surface area contributed by atoms with Crippen LogP contribution in [0.3, 0.4) is 0 Å². The Labute approximate surface area is 144 Å². The van der Waals surface area contributed by atoms with Crippen LogP contribution in [0.1, 0.15) is 6.92 Å². The minimum atomic E-state index is -6.01. The fraction of sp³-hybridized carbons (Fsp3) is 0.571. The van der Waals surface area contributed by atoms with E-state index in [1.54, 1.807) is 6.92 Å². The Hall–Kier alpha value is -2.08. The van der Waals surface area contributed by atoms with Gasteiger partial charge in [-0.25, -0.2) is 9.59 Å². The van der Waals surface area contributed by atoms with Gasteiger partial charge in [0.25, 0.3) is 5.60 Å². The molecule has 26 heavy (non-hydrogen) atoms. The Morgan fingerprint density at radius 2 is 1.65 bits per heavy atom. The third kappa shape index (κ3) is 7.44. The first kappa shape index (κ1) is 23.9. The molecule has 1 aliphatic heterocycles. The molecule has 0 radical (unpaired) electrons. The number of esters is 2. The maximum atomic E-state index is 12.0. The van der Waals surface area contributed by atoms with Gasteiger partial charge in [0.2, 0.25) is 0 Å². The number of alkyl halides is 6. The molecule has 0 aliphatic carbocycles. The van der Waals surface area contributed by atoms with Crippen LogP contribution < -0.4 is 0 Å². The van der Waals surface area contributed by atoms with Gasteiger partial charge in [-0.1, -0.05) is 13.2 Å². The van der Waals surface area contributed by atoms with E-state index in [2.05, 4.69) is 17.9 Å². The number of hydrogen-bond donors (Lipinski definition) is 1. The first-order valence-corrected chi connectivity index (χ1v) is 6.75. The summed E-state index contributed by atoms with van der Waals surface area (Å²) in [5, 5.41) is 8.47. The number of halogens is 6. The Morgan fingerprint density at radius 1 is 1.19 bits per heavy atom. The van der Waals surface area contributed by atoms with E-state index in [-0.39, 0.29) is 12.1 Å². The van der Waals surface area contributed by atoms with E-state index in [1.165, 1.54) is 0 Å². The second kappa shape index (κ2) is 9.03. The second-order valence-corrected chi connectivity index (χ2v) is 5.00. The molecule has 1 unspecified atom stereocenters. The van der Waals surface area contributed by atoms with Crippen molar-refractivity contribution in [2.24, 2.45) is 0 Å². The van der Waals surface area contributed by atoms with Crippen molar-refractivity contribution in [3.05, 3.63) is 24.8 Å². The Kier molecular flexibility index (Phi) is 8.31. The molecule has 150 valence electrons. The van der Waals surface area contributed by atoms with Crippen LogP contribution in [0.4, 0.5) is 26.3 Å². The second-order valence-electron chi connectivity index (χ2n) is 5.00. The third-order valence-electron chi connectivity index (χ3n) is 2.68. The van der Waals surface area contributed by atoms with Gasteiger partial charge < -0.3 is 19.3 Å². The van der Waals surface area contributed by atoms with Crippen molar-refractivity contribution in [2.75, 3.05) is 19.8 Å². The molecule has 0 spiro atoms. The number of rotatable bonds is 6. The maximum Gasteiger partial charge on any atom is 0.429 e. The summed E-state index contributed by atoms with van der Waals surface area (Å²) >= 11 is 0. The van der Waals surface area contributed by atoms with E-state index in [4.69, 9.17) is 14.6 Å². The summed E-state index contributed by atoms with van der Waals surface area (Å²) in [7, 11) is 0. The van der Waals surface area contributed by atoms with Crippen molar-refractivity contribution in [3.63, 3.8) is 0 Å². The topological polar surface area (TPSA) is 85.4 Å². The van der Waals surface area contributed by atoms with Crippen molar-refractivity contribution < 1.29 is 55.2 Å². The van der Waals surface area contributed by atoms with Crippen LogP contribution in [-0.4, -0.2) is 60.9 Å². The molecular weight excluding hydrogens is 378 g/mol. The highest BCUT2D eigenvalue weighted by Gasteiger charge is 2.71. The van der Waals surface area contributed by atoms with Crippen LogP contribution in [0.5, 0.6) is 0 Å². The molecule has 1 rings (SSSR count). The van der Waals surface area contributed by atoms with Crippen molar-refractivity contribution in [1.82, 2.24) is 0 Å². The minimum Gasteiger partial charge on any atom is -0.459 e. The van der Waals surface area contributed by atoms with E-state index in [0.29, 0.717) is 24.9 Å². The molecule has 1 saturated heterocycles. The predicted octanol–water partition coefficient (Wildman–Crippen LogP) is 2.08. The Morgan fingerprint density at radius 3 is 1.96 bits per heavy atom. The number of ether oxygens (including phenoxy) is 3. The Balaban J connectivity index is 0.000000531. The van der Waals surface area contributed by atoms with E-state index >= 15 is 0 Å². The monoisotopic (exact) mass is 394 g/mol. The molecule has 1 fully saturated rings. The lowest BCUT2D eigenvalue weighted by Gasteiger charge is -2.31. The number of hydrogen-bond acceptors (Lipinski definition) is 6. The fourth-order valence-electron chi connectivity index (χ4n) is 1.01. The standard InChI is InChI=1S/C7H6F6O3.C7H10O3/c1-2-4(14)16-3-5(15,6(8,9)10)7(11,12)13;1-5(2)7(8)10-4-6-3-9-6/h2,15H,1,3H2;6H,1,3-4H2,2H3. The number of epoxide rings is 1. The average Bonchev–Trinajstić information content (AvgIpc) is 3.32. The summed E-state index contributed by atoms with van der Waals surface area (Å²) in [6.45, 7) is 6.63. The maximum absolute atomic E-state index is 12.0. The molecule has 12 heteroatoms. The van der Waals surface area contributed by atoms with Gasteiger partial charge in [0.05, 0.1) is 6.61 Å². The van der Waals surface area contributed by atoms with E-state index in [1.807, 2.05) is 0 Å². The molecule has 0 bridgehead atoms. The lowest BCUT2D eigenvalue weighted by atomic mass is 10.0. The summed E-state index contributed by atoms with van der Waals surface area (Å²) in [6, 6.07) is 0. The first-order valence-electron chi connectivity index (χ1n) is 6.75. The molecule has 0 amide bonds. The molecule has 0 aromatic carbocycles. The smallest absolute Gasteiger partial charge is 0.429 e. The predicted molar refractivity (Wildman–Crippen MR) is 73.7 cm³/mol. The molecule has 1 heterocycles. The summed E-state index contributed by atoms with van der Waals surface area (Å²) in [5.74, 6) is -1.84. The summed E-state index contributed by atoms with van der Waals surface area (Å²) in [5.41, 5.74) is -4.65. The van der Waals surface area contributed by atoms with Gasteiger partial charge in [-0.15, -0.1) is 0 Å². The van der Waals surface area contributed by atoms with Gasteiger partial charge in [-0.2, -0.15) is 26.3 Å². The highest BCUT2D eigenvalue weighted by atomic mass is 19.4. The molecular formula is C14H16F6O6.